The lowest BCUT2D eigenvalue weighted by Crippen LogP contribution is -2.42. The summed E-state index contributed by atoms with van der Waals surface area (Å²) in [5.41, 5.74) is 1.52. The third-order valence-electron chi connectivity index (χ3n) is 5.66. The molecule has 2 aromatic carbocycles. The molecule has 0 unspecified atom stereocenters. The van der Waals surface area contributed by atoms with Gasteiger partial charge in [-0.1, -0.05) is 44.5 Å². The van der Waals surface area contributed by atoms with Crippen LogP contribution in [0.25, 0.3) is 5.69 Å². The van der Waals surface area contributed by atoms with Crippen molar-refractivity contribution in [3.8, 4) is 17.2 Å². The number of carbonyl (C=O) groups excluding carboxylic acids is 2. The Morgan fingerprint density at radius 1 is 1.08 bits per heavy atom. The standard InChI is InChI=1S/C27H33ClN4O4/c1-17(2)31(26(34)19-13-12-18(35-6)14-22(19)36-7)16-25(33)29-24-15-23(27(3,4)5)30-32(24)21-11-9-8-10-20(21)28/h8-15,17H,16H2,1-7H3,(H,29,33). The fourth-order valence-corrected chi connectivity index (χ4v) is 3.82. The molecule has 3 aromatic rings. The summed E-state index contributed by atoms with van der Waals surface area (Å²) >= 11 is 6.43. The number of para-hydroxylation sites is 1. The van der Waals surface area contributed by atoms with Crippen LogP contribution in [0.4, 0.5) is 5.82 Å². The van der Waals surface area contributed by atoms with Crippen molar-refractivity contribution < 1.29 is 19.1 Å². The number of benzene rings is 2. The van der Waals surface area contributed by atoms with Gasteiger partial charge in [0.1, 0.15) is 23.9 Å². The summed E-state index contributed by atoms with van der Waals surface area (Å²) in [7, 11) is 3.03. The molecule has 1 aromatic heterocycles. The van der Waals surface area contributed by atoms with E-state index in [4.69, 9.17) is 26.2 Å². The van der Waals surface area contributed by atoms with E-state index in [2.05, 4.69) is 5.32 Å². The van der Waals surface area contributed by atoms with Crippen LogP contribution in [0.5, 0.6) is 11.5 Å². The fourth-order valence-electron chi connectivity index (χ4n) is 3.60. The Balaban J connectivity index is 1.90. The lowest BCUT2D eigenvalue weighted by atomic mass is 9.92. The molecule has 9 heteroatoms. The molecule has 0 aliphatic heterocycles. The van der Waals surface area contributed by atoms with Gasteiger partial charge in [0.2, 0.25) is 5.91 Å². The second-order valence-electron chi connectivity index (χ2n) is 9.67. The molecule has 192 valence electrons. The second kappa shape index (κ2) is 11.0. The van der Waals surface area contributed by atoms with E-state index in [0.29, 0.717) is 33.6 Å². The molecule has 0 radical (unpaired) electrons. The number of ether oxygens (including phenoxy) is 2. The van der Waals surface area contributed by atoms with Crippen LogP contribution in [0.1, 0.15) is 50.7 Å². The lowest BCUT2D eigenvalue weighted by Gasteiger charge is -2.27. The maximum absolute atomic E-state index is 13.4. The van der Waals surface area contributed by atoms with E-state index in [-0.39, 0.29) is 29.8 Å². The van der Waals surface area contributed by atoms with E-state index in [1.807, 2.05) is 58.9 Å². The number of halogens is 1. The van der Waals surface area contributed by atoms with Crippen LogP contribution in [0.15, 0.2) is 48.5 Å². The van der Waals surface area contributed by atoms with Crippen LogP contribution in [-0.2, 0) is 10.2 Å². The highest BCUT2D eigenvalue weighted by molar-refractivity contribution is 6.32. The van der Waals surface area contributed by atoms with E-state index in [1.54, 1.807) is 36.1 Å². The van der Waals surface area contributed by atoms with Gasteiger partial charge >= 0.3 is 0 Å². The first-order chi connectivity index (χ1) is 17.0. The molecule has 36 heavy (non-hydrogen) atoms. The number of hydrogen-bond acceptors (Lipinski definition) is 5. The summed E-state index contributed by atoms with van der Waals surface area (Å²) in [4.78, 5) is 28.1. The van der Waals surface area contributed by atoms with Gasteiger partial charge in [0.15, 0.2) is 0 Å². The van der Waals surface area contributed by atoms with Crippen LogP contribution in [0, 0.1) is 0 Å². The fraction of sp³-hybridized carbons (Fsp3) is 0.370. The van der Waals surface area contributed by atoms with Crippen molar-refractivity contribution in [3.63, 3.8) is 0 Å². The van der Waals surface area contributed by atoms with Gasteiger partial charge in [0, 0.05) is 23.6 Å². The number of hydrogen-bond donors (Lipinski definition) is 1. The quantitative estimate of drug-likeness (QED) is 0.441. The summed E-state index contributed by atoms with van der Waals surface area (Å²) in [6.45, 7) is 9.67. The zero-order chi connectivity index (χ0) is 26.6. The molecule has 0 aliphatic rings. The van der Waals surface area contributed by atoms with Crippen molar-refractivity contribution in [1.82, 2.24) is 14.7 Å². The van der Waals surface area contributed by atoms with Gasteiger partial charge in [-0.2, -0.15) is 5.10 Å². The van der Waals surface area contributed by atoms with Gasteiger partial charge in [0.05, 0.1) is 36.2 Å². The number of nitrogens with zero attached hydrogens (tertiary/aromatic N) is 3. The largest absolute Gasteiger partial charge is 0.497 e. The highest BCUT2D eigenvalue weighted by Gasteiger charge is 2.26. The highest BCUT2D eigenvalue weighted by Crippen LogP contribution is 2.30. The van der Waals surface area contributed by atoms with Crippen molar-refractivity contribution in [2.75, 3.05) is 26.1 Å². The van der Waals surface area contributed by atoms with Crippen molar-refractivity contribution in [3.05, 3.63) is 64.8 Å². The number of methoxy groups -OCH3 is 2. The van der Waals surface area contributed by atoms with Crippen LogP contribution in [0.2, 0.25) is 5.02 Å². The molecular weight excluding hydrogens is 480 g/mol. The summed E-state index contributed by atoms with van der Waals surface area (Å²) in [5.74, 6) is 0.723. The van der Waals surface area contributed by atoms with Gasteiger partial charge < -0.3 is 19.7 Å². The Bertz CT molecular complexity index is 1250. The van der Waals surface area contributed by atoms with Crippen molar-refractivity contribution in [2.45, 2.75) is 46.1 Å². The van der Waals surface area contributed by atoms with E-state index in [1.165, 1.54) is 12.0 Å². The van der Waals surface area contributed by atoms with Crippen molar-refractivity contribution in [1.29, 1.82) is 0 Å². The third kappa shape index (κ3) is 5.99. The minimum Gasteiger partial charge on any atom is -0.497 e. The number of aromatic nitrogens is 2. The zero-order valence-corrected chi connectivity index (χ0v) is 22.5. The third-order valence-corrected chi connectivity index (χ3v) is 5.98. The van der Waals surface area contributed by atoms with Crippen LogP contribution in [0.3, 0.4) is 0 Å². The first-order valence-electron chi connectivity index (χ1n) is 11.6. The average molecular weight is 513 g/mol. The van der Waals surface area contributed by atoms with Crippen LogP contribution >= 0.6 is 11.6 Å². The van der Waals surface area contributed by atoms with Crippen LogP contribution < -0.4 is 14.8 Å². The number of rotatable bonds is 8. The Labute approximate surface area is 217 Å². The molecule has 0 saturated carbocycles. The number of carbonyl (C=O) groups is 2. The smallest absolute Gasteiger partial charge is 0.258 e. The summed E-state index contributed by atoms with van der Waals surface area (Å²) < 4.78 is 12.2. The van der Waals surface area contributed by atoms with E-state index in [0.717, 1.165) is 5.69 Å². The van der Waals surface area contributed by atoms with Crippen LogP contribution in [-0.4, -0.2) is 53.3 Å². The molecule has 3 rings (SSSR count). The average Bonchev–Trinajstić information content (AvgIpc) is 3.25. The molecule has 1 N–H and O–H groups in total. The molecule has 0 spiro atoms. The van der Waals surface area contributed by atoms with Gasteiger partial charge in [-0.15, -0.1) is 0 Å². The molecule has 2 amide bonds. The predicted octanol–water partition coefficient (Wildman–Crippen LogP) is 5.33. The molecule has 0 bridgehead atoms. The van der Waals surface area contributed by atoms with Gasteiger partial charge in [-0.05, 0) is 38.1 Å². The summed E-state index contributed by atoms with van der Waals surface area (Å²) in [6, 6.07) is 13.8. The second-order valence-corrected chi connectivity index (χ2v) is 10.1. The Hall–Kier alpha value is -3.52. The Morgan fingerprint density at radius 2 is 1.78 bits per heavy atom. The Morgan fingerprint density at radius 3 is 2.36 bits per heavy atom. The molecule has 0 saturated heterocycles. The van der Waals surface area contributed by atoms with E-state index < -0.39 is 0 Å². The van der Waals surface area contributed by atoms with Gasteiger partial charge in [0.25, 0.3) is 5.91 Å². The molecular formula is C27H33ClN4O4. The molecule has 0 atom stereocenters. The molecule has 1 heterocycles. The summed E-state index contributed by atoms with van der Waals surface area (Å²) in [6.07, 6.45) is 0. The number of anilines is 1. The van der Waals surface area contributed by atoms with E-state index in [9.17, 15) is 9.59 Å². The maximum atomic E-state index is 13.4. The number of nitrogens with one attached hydrogen (secondary N) is 1. The monoisotopic (exact) mass is 512 g/mol. The minimum absolute atomic E-state index is 0.162. The van der Waals surface area contributed by atoms with Gasteiger partial charge in [-0.25, -0.2) is 4.68 Å². The molecule has 0 aliphatic carbocycles. The van der Waals surface area contributed by atoms with E-state index >= 15 is 0 Å². The highest BCUT2D eigenvalue weighted by atomic mass is 35.5. The predicted molar refractivity (Wildman–Crippen MR) is 142 cm³/mol. The topological polar surface area (TPSA) is 85.7 Å². The first-order valence-corrected chi connectivity index (χ1v) is 12.0. The normalized spacial score (nSPS) is 11.4. The molecule has 0 fully saturated rings. The number of amides is 2. The zero-order valence-electron chi connectivity index (χ0n) is 21.8. The maximum Gasteiger partial charge on any atom is 0.258 e. The lowest BCUT2D eigenvalue weighted by molar-refractivity contribution is -0.117. The Kier molecular flexibility index (Phi) is 8.30. The summed E-state index contributed by atoms with van der Waals surface area (Å²) in [5, 5.41) is 8.14. The molecule has 8 nitrogen and oxygen atoms in total. The minimum atomic E-state index is -0.363. The van der Waals surface area contributed by atoms with Gasteiger partial charge in [-0.3, -0.25) is 9.59 Å². The van der Waals surface area contributed by atoms with Crippen molar-refractivity contribution >= 4 is 29.2 Å². The first kappa shape index (κ1) is 27.1. The SMILES string of the molecule is COc1ccc(C(=O)N(CC(=O)Nc2cc(C(C)(C)C)nn2-c2ccccc2Cl)C(C)C)c(OC)c1. The van der Waals surface area contributed by atoms with Crippen molar-refractivity contribution in [2.24, 2.45) is 0 Å².